The summed E-state index contributed by atoms with van der Waals surface area (Å²) in [6.07, 6.45) is 3.31. The second-order valence-electron chi connectivity index (χ2n) is 5.40. The molecule has 22 heavy (non-hydrogen) atoms. The van der Waals surface area contributed by atoms with Crippen LogP contribution in [-0.4, -0.2) is 24.0 Å². The van der Waals surface area contributed by atoms with Crippen LogP contribution in [0.5, 0.6) is 0 Å². The van der Waals surface area contributed by atoms with Crippen LogP contribution in [0, 0.1) is 0 Å². The van der Waals surface area contributed by atoms with Crippen molar-refractivity contribution in [3.05, 3.63) is 52.1 Å². The van der Waals surface area contributed by atoms with Crippen LogP contribution >= 0.6 is 15.9 Å². The van der Waals surface area contributed by atoms with E-state index in [1.165, 1.54) is 6.39 Å². The molecule has 1 amide bonds. The van der Waals surface area contributed by atoms with Crippen molar-refractivity contribution in [3.63, 3.8) is 0 Å². The molecule has 1 aromatic heterocycles. The molecule has 1 aliphatic heterocycles. The molecule has 1 aromatic carbocycles. The number of benzene rings is 1. The highest BCUT2D eigenvalue weighted by molar-refractivity contribution is 9.10. The lowest BCUT2D eigenvalue weighted by atomic mass is 9.94. The minimum Gasteiger partial charge on any atom is -0.447 e. The third-order valence-corrected chi connectivity index (χ3v) is 4.36. The molecule has 0 atom stereocenters. The Morgan fingerprint density at radius 3 is 3.00 bits per heavy atom. The van der Waals surface area contributed by atoms with Crippen molar-refractivity contribution in [2.75, 3.05) is 13.1 Å². The summed E-state index contributed by atoms with van der Waals surface area (Å²) >= 11 is 3.43. The molecule has 1 fully saturated rings. The Hall–Kier alpha value is -1.66. The number of rotatable bonds is 4. The zero-order valence-corrected chi connectivity index (χ0v) is 13.7. The molecule has 2 N–H and O–H groups in total. The van der Waals surface area contributed by atoms with Gasteiger partial charge in [0.1, 0.15) is 5.76 Å². The number of hydrogen-bond donors (Lipinski definition) is 2. The number of hydrogen-bond acceptors (Lipinski definition) is 4. The standard InChI is InChI=1S/C16H18BrN3O2/c17-13-3-1-2-11(8-13)9-19-16(21)14-15(22-10-20-14)12-4-6-18-7-5-12/h1-3,8,10,12,18H,4-7,9H2,(H,19,21). The van der Waals surface area contributed by atoms with Gasteiger partial charge in [-0.15, -0.1) is 0 Å². The fraction of sp³-hybridized carbons (Fsp3) is 0.375. The van der Waals surface area contributed by atoms with Crippen molar-refractivity contribution >= 4 is 21.8 Å². The summed E-state index contributed by atoms with van der Waals surface area (Å²) in [6, 6.07) is 7.86. The number of oxazole rings is 1. The van der Waals surface area contributed by atoms with Crippen LogP contribution < -0.4 is 10.6 Å². The minimum absolute atomic E-state index is 0.178. The molecule has 1 aliphatic rings. The fourth-order valence-electron chi connectivity index (χ4n) is 2.71. The van der Waals surface area contributed by atoms with Gasteiger partial charge >= 0.3 is 0 Å². The molecule has 0 bridgehead atoms. The Morgan fingerprint density at radius 1 is 1.41 bits per heavy atom. The second-order valence-corrected chi connectivity index (χ2v) is 6.32. The number of amides is 1. The zero-order valence-electron chi connectivity index (χ0n) is 12.1. The van der Waals surface area contributed by atoms with Gasteiger partial charge < -0.3 is 15.1 Å². The first kappa shape index (κ1) is 15.2. The smallest absolute Gasteiger partial charge is 0.273 e. The number of halogens is 1. The van der Waals surface area contributed by atoms with E-state index in [1.54, 1.807) is 0 Å². The topological polar surface area (TPSA) is 67.2 Å². The maximum Gasteiger partial charge on any atom is 0.273 e. The summed E-state index contributed by atoms with van der Waals surface area (Å²) < 4.78 is 6.49. The Bertz CT molecular complexity index is 650. The van der Waals surface area contributed by atoms with E-state index in [0.717, 1.165) is 36.0 Å². The molecular weight excluding hydrogens is 346 g/mol. The van der Waals surface area contributed by atoms with Crippen molar-refractivity contribution in [2.45, 2.75) is 25.3 Å². The van der Waals surface area contributed by atoms with Crippen molar-refractivity contribution in [1.82, 2.24) is 15.6 Å². The van der Waals surface area contributed by atoms with E-state index in [1.807, 2.05) is 24.3 Å². The van der Waals surface area contributed by atoms with Gasteiger partial charge in [0, 0.05) is 16.9 Å². The molecular formula is C16H18BrN3O2. The van der Waals surface area contributed by atoms with Crippen molar-refractivity contribution in [1.29, 1.82) is 0 Å². The molecule has 0 radical (unpaired) electrons. The molecule has 0 aliphatic carbocycles. The monoisotopic (exact) mass is 363 g/mol. The van der Waals surface area contributed by atoms with Crippen molar-refractivity contribution in [2.24, 2.45) is 0 Å². The van der Waals surface area contributed by atoms with Crippen LogP contribution in [0.1, 0.15) is 40.6 Å². The summed E-state index contributed by atoms with van der Waals surface area (Å²) in [5.41, 5.74) is 1.46. The maximum atomic E-state index is 12.4. The SMILES string of the molecule is O=C(NCc1cccc(Br)c1)c1ncoc1C1CCNCC1. The first-order chi connectivity index (χ1) is 10.7. The van der Waals surface area contributed by atoms with Crippen LogP contribution in [0.25, 0.3) is 0 Å². The molecule has 2 heterocycles. The van der Waals surface area contributed by atoms with Gasteiger partial charge in [-0.2, -0.15) is 0 Å². The molecule has 5 nitrogen and oxygen atoms in total. The lowest BCUT2D eigenvalue weighted by Gasteiger charge is -2.21. The van der Waals surface area contributed by atoms with Gasteiger partial charge in [0.05, 0.1) is 0 Å². The largest absolute Gasteiger partial charge is 0.447 e. The van der Waals surface area contributed by atoms with Gasteiger partial charge in [0.25, 0.3) is 5.91 Å². The van der Waals surface area contributed by atoms with Gasteiger partial charge in [0.2, 0.25) is 0 Å². The molecule has 0 unspecified atom stereocenters. The van der Waals surface area contributed by atoms with E-state index in [9.17, 15) is 4.79 Å². The number of piperidine rings is 1. The number of carbonyl (C=O) groups is 1. The summed E-state index contributed by atoms with van der Waals surface area (Å²) in [4.78, 5) is 16.5. The Kier molecular flexibility index (Phi) is 4.90. The average Bonchev–Trinajstić information content (AvgIpc) is 3.03. The number of nitrogens with zero attached hydrogens (tertiary/aromatic N) is 1. The van der Waals surface area contributed by atoms with Gasteiger partial charge in [-0.1, -0.05) is 28.1 Å². The number of aromatic nitrogens is 1. The van der Waals surface area contributed by atoms with E-state index in [2.05, 4.69) is 31.5 Å². The Balaban J connectivity index is 1.66. The predicted octanol–water partition coefficient (Wildman–Crippen LogP) is 2.83. The lowest BCUT2D eigenvalue weighted by Crippen LogP contribution is -2.29. The predicted molar refractivity (Wildman–Crippen MR) is 86.7 cm³/mol. The average molecular weight is 364 g/mol. The lowest BCUT2D eigenvalue weighted by molar-refractivity contribution is 0.0943. The van der Waals surface area contributed by atoms with Crippen LogP contribution in [0.3, 0.4) is 0 Å². The number of nitrogens with one attached hydrogen (secondary N) is 2. The third-order valence-electron chi connectivity index (χ3n) is 3.86. The molecule has 0 saturated carbocycles. The van der Waals surface area contributed by atoms with E-state index < -0.39 is 0 Å². The highest BCUT2D eigenvalue weighted by atomic mass is 79.9. The third kappa shape index (κ3) is 3.56. The van der Waals surface area contributed by atoms with Gasteiger partial charge in [0.15, 0.2) is 12.1 Å². The molecule has 2 aromatic rings. The van der Waals surface area contributed by atoms with Crippen molar-refractivity contribution in [3.8, 4) is 0 Å². The first-order valence-corrected chi connectivity index (χ1v) is 8.20. The quantitative estimate of drug-likeness (QED) is 0.876. The van der Waals surface area contributed by atoms with Crippen LogP contribution in [-0.2, 0) is 6.54 Å². The zero-order chi connectivity index (χ0) is 15.4. The molecule has 6 heteroatoms. The Labute approximate surface area is 137 Å². The molecule has 3 rings (SSSR count). The summed E-state index contributed by atoms with van der Waals surface area (Å²) in [7, 11) is 0. The van der Waals surface area contributed by atoms with E-state index in [4.69, 9.17) is 4.42 Å². The Morgan fingerprint density at radius 2 is 2.23 bits per heavy atom. The first-order valence-electron chi connectivity index (χ1n) is 7.41. The van der Waals surface area contributed by atoms with E-state index >= 15 is 0 Å². The number of carbonyl (C=O) groups excluding carboxylic acids is 1. The van der Waals surface area contributed by atoms with Crippen molar-refractivity contribution < 1.29 is 9.21 Å². The second kappa shape index (κ2) is 7.07. The van der Waals surface area contributed by atoms with E-state index in [0.29, 0.717) is 18.0 Å². The van der Waals surface area contributed by atoms with Crippen LogP contribution in [0.2, 0.25) is 0 Å². The highest BCUT2D eigenvalue weighted by Crippen LogP contribution is 2.27. The normalized spacial score (nSPS) is 15.7. The molecule has 116 valence electrons. The van der Waals surface area contributed by atoms with Crippen LogP contribution in [0.4, 0.5) is 0 Å². The van der Waals surface area contributed by atoms with Gasteiger partial charge in [-0.3, -0.25) is 4.79 Å². The summed E-state index contributed by atoms with van der Waals surface area (Å²) in [5, 5.41) is 6.22. The maximum absolute atomic E-state index is 12.4. The minimum atomic E-state index is -0.178. The van der Waals surface area contributed by atoms with E-state index in [-0.39, 0.29) is 11.8 Å². The molecule has 1 saturated heterocycles. The van der Waals surface area contributed by atoms with Gasteiger partial charge in [-0.25, -0.2) is 4.98 Å². The summed E-state index contributed by atoms with van der Waals surface area (Å²) in [6.45, 7) is 2.37. The van der Waals surface area contributed by atoms with Gasteiger partial charge in [-0.05, 0) is 43.6 Å². The molecule has 0 spiro atoms. The summed E-state index contributed by atoms with van der Waals surface area (Å²) in [5.74, 6) is 0.811. The van der Waals surface area contributed by atoms with Crippen LogP contribution in [0.15, 0.2) is 39.5 Å². The highest BCUT2D eigenvalue weighted by Gasteiger charge is 2.25. The fourth-order valence-corrected chi connectivity index (χ4v) is 3.16.